The molecular weight excluding hydrogens is 313 g/mol. The van der Waals surface area contributed by atoms with Gasteiger partial charge in [-0.15, -0.1) is 0 Å². The van der Waals surface area contributed by atoms with Gasteiger partial charge in [-0.3, -0.25) is 4.31 Å². The molecule has 0 rings (SSSR count). The summed E-state index contributed by atoms with van der Waals surface area (Å²) in [7, 11) is -7.03. The van der Waals surface area contributed by atoms with Gasteiger partial charge in [0.25, 0.3) is 0 Å². The van der Waals surface area contributed by atoms with E-state index < -0.39 is 16.5 Å². The Morgan fingerprint density at radius 3 is 1.55 bits per heavy atom. The summed E-state index contributed by atoms with van der Waals surface area (Å²) < 4.78 is 21.8. The Hall–Kier alpha value is 1.33. The van der Waals surface area contributed by atoms with Crippen molar-refractivity contribution < 1.29 is 50.7 Å². The van der Waals surface area contributed by atoms with Crippen molar-refractivity contribution in [3.8, 4) is 0 Å². The first-order chi connectivity index (χ1) is 4.54. The van der Waals surface area contributed by atoms with Crippen LogP contribution in [0.4, 0.5) is 0 Å². The summed E-state index contributed by atoms with van der Waals surface area (Å²) in [5, 5.41) is 7.33. The van der Waals surface area contributed by atoms with Gasteiger partial charge in [0.05, 0.1) is 0 Å². The zero-order valence-electron chi connectivity index (χ0n) is 4.88. The second-order valence-corrected chi connectivity index (χ2v) is 2.78. The maximum atomic E-state index is 9.29. The van der Waals surface area contributed by atoms with Gasteiger partial charge >= 0.3 is 22.4 Å². The maximum Gasteiger partial charge on any atom is 2.00 e. The van der Waals surface area contributed by atoms with Crippen LogP contribution in [0, 0.1) is 0 Å². The van der Waals surface area contributed by atoms with Gasteiger partial charge in [-0.25, -0.2) is 0 Å². The molecule has 0 fully saturated rings. The molecule has 0 aliphatic rings. The van der Waals surface area contributed by atoms with Crippen LogP contribution in [0.1, 0.15) is 0 Å². The molecule has 0 saturated carbocycles. The van der Waals surface area contributed by atoms with Crippen molar-refractivity contribution >= 4 is 28.1 Å². The number of hydrogen-bond donors (Lipinski definition) is 1. The van der Waals surface area contributed by atoms with E-state index in [0.29, 0.717) is 0 Å². The minimum Gasteiger partial charge on any atom is -0.781 e. The monoisotopic (exact) mass is 317 g/mol. The summed E-state index contributed by atoms with van der Waals surface area (Å²) >= 11 is 4.55. The van der Waals surface area contributed by atoms with Crippen LogP contribution in [0.3, 0.4) is 0 Å². The molecule has 11 heavy (non-hydrogen) atoms. The molecular formula is CH5AgClO6P2. The summed E-state index contributed by atoms with van der Waals surface area (Å²) in [4.78, 5) is 18.6. The molecule has 6 nitrogen and oxygen atoms in total. The van der Waals surface area contributed by atoms with Crippen LogP contribution in [0.15, 0.2) is 0 Å². The van der Waals surface area contributed by atoms with Gasteiger partial charge < -0.3 is 24.0 Å². The molecule has 0 aromatic rings. The first-order valence-corrected chi connectivity index (χ1v) is 4.79. The number of aliphatic hydroxyl groups is 1. The standard InChI is InChI=1S/CH3ClO.Ag.H4O5P2/c2-1-3;;1-6(2)5-7(3)4/h3H,1H2;;6-7H,(H,1,2)(H,3,4)/q;+2;/p-2. The average Bonchev–Trinajstić information content (AvgIpc) is 1.62. The molecule has 0 aromatic heterocycles. The number of rotatable bonds is 2. The van der Waals surface area contributed by atoms with Crippen molar-refractivity contribution in [3.63, 3.8) is 0 Å². The van der Waals surface area contributed by atoms with Gasteiger partial charge in [-0.1, -0.05) is 11.6 Å². The first kappa shape index (κ1) is 18.2. The van der Waals surface area contributed by atoms with Gasteiger partial charge in [-0.2, -0.15) is 0 Å². The van der Waals surface area contributed by atoms with E-state index in [1.165, 1.54) is 0 Å². The Kier molecular flexibility index (Phi) is 23.0. The van der Waals surface area contributed by atoms with E-state index >= 15 is 0 Å². The predicted molar refractivity (Wildman–Crippen MR) is 32.0 cm³/mol. The molecule has 0 aliphatic heterocycles. The summed E-state index contributed by atoms with van der Waals surface area (Å²) in [6.45, 7) is 0. The van der Waals surface area contributed by atoms with E-state index in [1.54, 1.807) is 0 Å². The Bertz CT molecular complexity index is 107. The average molecular weight is 318 g/mol. The van der Waals surface area contributed by atoms with Crippen LogP contribution in [-0.2, 0) is 35.8 Å². The molecule has 1 N–H and O–H groups in total. The second-order valence-electron chi connectivity index (χ2n) is 0.722. The Morgan fingerprint density at radius 2 is 1.55 bits per heavy atom. The molecule has 1 radical (unpaired) electrons. The van der Waals surface area contributed by atoms with Crippen molar-refractivity contribution in [1.82, 2.24) is 0 Å². The van der Waals surface area contributed by atoms with Gasteiger partial charge in [0, 0.05) is 0 Å². The van der Waals surface area contributed by atoms with Crippen molar-refractivity contribution in [3.05, 3.63) is 0 Å². The SMILES string of the molecule is O=[PH]([O-])O[PH](=O)[O-].OCCl.[Ag+2]. The molecule has 2 atom stereocenters. The molecule has 0 aromatic carbocycles. The van der Waals surface area contributed by atoms with Crippen LogP contribution >= 0.6 is 28.1 Å². The summed E-state index contributed by atoms with van der Waals surface area (Å²) in [6.07, 6.45) is 0. The van der Waals surface area contributed by atoms with Crippen molar-refractivity contribution in [1.29, 1.82) is 0 Å². The third-order valence-corrected chi connectivity index (χ3v) is 1.50. The molecule has 0 spiro atoms. The van der Waals surface area contributed by atoms with Crippen molar-refractivity contribution in [2.75, 3.05) is 6.07 Å². The Balaban J connectivity index is -0.000000140. The van der Waals surface area contributed by atoms with E-state index in [1.807, 2.05) is 0 Å². The molecule has 0 bridgehead atoms. The molecule has 2 unspecified atom stereocenters. The maximum absolute atomic E-state index is 9.29. The normalized spacial score (nSPS) is 13.5. The van der Waals surface area contributed by atoms with E-state index in [0.717, 1.165) is 0 Å². The topological polar surface area (TPSA) is 110 Å². The minimum atomic E-state index is -3.51. The number of alkyl halides is 1. The first-order valence-electron chi connectivity index (χ1n) is 1.81. The largest absolute Gasteiger partial charge is 2.00 e. The van der Waals surface area contributed by atoms with Gasteiger partial charge in [0.1, 0.15) is 22.6 Å². The third-order valence-electron chi connectivity index (χ3n) is 0.167. The molecule has 0 saturated heterocycles. The van der Waals surface area contributed by atoms with Crippen LogP contribution in [-0.4, -0.2) is 11.2 Å². The van der Waals surface area contributed by atoms with Gasteiger partial charge in [0.15, 0.2) is 0 Å². The zero-order valence-corrected chi connectivity index (χ0v) is 9.11. The third kappa shape index (κ3) is 34.7. The summed E-state index contributed by atoms with van der Waals surface area (Å²) in [5.74, 6) is 0. The molecule has 0 amide bonds. The van der Waals surface area contributed by atoms with E-state index in [2.05, 4.69) is 15.9 Å². The number of halogens is 1. The molecule has 73 valence electrons. The zero-order chi connectivity index (χ0) is 8.57. The Morgan fingerprint density at radius 1 is 1.36 bits per heavy atom. The summed E-state index contributed by atoms with van der Waals surface area (Å²) in [5.41, 5.74) is 0. The molecule has 10 heteroatoms. The van der Waals surface area contributed by atoms with Crippen LogP contribution in [0.2, 0.25) is 0 Å². The summed E-state index contributed by atoms with van der Waals surface area (Å²) in [6, 6.07) is -0.278. The fraction of sp³-hybridized carbons (Fsp3) is 1.00. The van der Waals surface area contributed by atoms with Crippen molar-refractivity contribution in [2.45, 2.75) is 0 Å². The number of aliphatic hydroxyl groups excluding tert-OH is 1. The van der Waals surface area contributed by atoms with E-state index in [4.69, 9.17) is 5.11 Å². The van der Waals surface area contributed by atoms with Gasteiger partial charge in [0.2, 0.25) is 0 Å². The fourth-order valence-electron chi connectivity index (χ4n) is 0.0680. The Labute approximate surface area is 84.9 Å². The minimum absolute atomic E-state index is 0. The molecule has 0 heterocycles. The van der Waals surface area contributed by atoms with Crippen molar-refractivity contribution in [2.24, 2.45) is 0 Å². The van der Waals surface area contributed by atoms with E-state index in [-0.39, 0.29) is 28.4 Å². The number of hydrogen-bond acceptors (Lipinski definition) is 6. The van der Waals surface area contributed by atoms with Crippen LogP contribution in [0.25, 0.3) is 0 Å². The molecule has 0 aliphatic carbocycles. The van der Waals surface area contributed by atoms with Gasteiger partial charge in [-0.05, 0) is 0 Å². The van der Waals surface area contributed by atoms with E-state index in [9.17, 15) is 18.9 Å². The van der Waals surface area contributed by atoms with Crippen LogP contribution < -0.4 is 9.79 Å². The second kappa shape index (κ2) is 13.9. The predicted octanol–water partition coefficient (Wildman–Crippen LogP) is -1.32. The smallest absolute Gasteiger partial charge is 0.781 e. The van der Waals surface area contributed by atoms with Crippen LogP contribution in [0.5, 0.6) is 0 Å². The fourth-order valence-corrected chi connectivity index (χ4v) is 0.612. The quantitative estimate of drug-likeness (QED) is 0.384.